The molecule has 0 aliphatic heterocycles. The maximum Gasteiger partial charge on any atom is 0.274 e. The van der Waals surface area contributed by atoms with Gasteiger partial charge in [-0.15, -0.1) is 0 Å². The molecule has 7 heteroatoms. The lowest BCUT2D eigenvalue weighted by Gasteiger charge is -2.09. The van der Waals surface area contributed by atoms with Crippen LogP contribution in [0.25, 0.3) is 0 Å². The molecule has 126 valence electrons. The number of pyridine rings is 1. The van der Waals surface area contributed by atoms with Crippen LogP contribution in [0.5, 0.6) is 0 Å². The first kappa shape index (κ1) is 16.9. The van der Waals surface area contributed by atoms with Crippen LogP contribution in [-0.4, -0.2) is 10.9 Å². The summed E-state index contributed by atoms with van der Waals surface area (Å²) >= 11 is 5.74. The van der Waals surface area contributed by atoms with Crippen LogP contribution < -0.4 is 10.6 Å². The Morgan fingerprint density at radius 3 is 2.52 bits per heavy atom. The van der Waals surface area contributed by atoms with E-state index in [1.807, 2.05) is 0 Å². The van der Waals surface area contributed by atoms with Gasteiger partial charge >= 0.3 is 0 Å². The van der Waals surface area contributed by atoms with E-state index in [2.05, 4.69) is 15.6 Å². The standard InChI is InChI=1S/C18H12ClF2N3O/c19-15-9-13(4-5-16(15)21)23-14-6-7-22-17(10-14)18(25)24-12-3-1-2-11(20)8-12/h1-10H,(H,22,23)(H,24,25). The lowest BCUT2D eigenvalue weighted by molar-refractivity contribution is 0.102. The van der Waals surface area contributed by atoms with Gasteiger partial charge in [-0.25, -0.2) is 8.78 Å². The van der Waals surface area contributed by atoms with Crippen molar-refractivity contribution in [2.45, 2.75) is 0 Å². The highest BCUT2D eigenvalue weighted by atomic mass is 35.5. The highest BCUT2D eigenvalue weighted by molar-refractivity contribution is 6.31. The van der Waals surface area contributed by atoms with Gasteiger partial charge in [0.25, 0.3) is 5.91 Å². The quantitative estimate of drug-likeness (QED) is 0.688. The Labute approximate surface area is 147 Å². The van der Waals surface area contributed by atoms with Crippen molar-refractivity contribution in [1.82, 2.24) is 4.98 Å². The van der Waals surface area contributed by atoms with Gasteiger partial charge in [0, 0.05) is 23.3 Å². The Hall–Kier alpha value is -2.99. The molecular formula is C18H12ClF2N3O. The number of nitrogens with one attached hydrogen (secondary N) is 2. The fourth-order valence-corrected chi connectivity index (χ4v) is 2.31. The molecule has 0 saturated heterocycles. The van der Waals surface area contributed by atoms with Gasteiger partial charge in [-0.1, -0.05) is 17.7 Å². The van der Waals surface area contributed by atoms with Gasteiger partial charge in [0.15, 0.2) is 0 Å². The molecule has 3 rings (SSSR count). The molecule has 0 bridgehead atoms. The predicted molar refractivity (Wildman–Crippen MR) is 93.3 cm³/mol. The van der Waals surface area contributed by atoms with Crippen LogP contribution in [0.4, 0.5) is 25.8 Å². The van der Waals surface area contributed by atoms with Crippen molar-refractivity contribution in [2.75, 3.05) is 10.6 Å². The largest absolute Gasteiger partial charge is 0.355 e. The molecular weight excluding hydrogens is 348 g/mol. The molecule has 3 aromatic rings. The number of aromatic nitrogens is 1. The fraction of sp³-hybridized carbons (Fsp3) is 0. The monoisotopic (exact) mass is 359 g/mol. The Morgan fingerprint density at radius 2 is 1.76 bits per heavy atom. The van der Waals surface area contributed by atoms with E-state index in [1.54, 1.807) is 12.1 Å². The zero-order valence-electron chi connectivity index (χ0n) is 12.8. The molecule has 2 aromatic carbocycles. The Morgan fingerprint density at radius 1 is 0.960 bits per heavy atom. The summed E-state index contributed by atoms with van der Waals surface area (Å²) in [7, 11) is 0. The molecule has 0 unspecified atom stereocenters. The Bertz CT molecular complexity index is 934. The number of carbonyl (C=O) groups is 1. The molecule has 0 spiro atoms. The van der Waals surface area contributed by atoms with E-state index in [0.29, 0.717) is 17.1 Å². The van der Waals surface area contributed by atoms with Crippen molar-refractivity contribution in [3.05, 3.63) is 83.1 Å². The molecule has 25 heavy (non-hydrogen) atoms. The highest BCUT2D eigenvalue weighted by Gasteiger charge is 2.09. The number of hydrogen-bond acceptors (Lipinski definition) is 3. The Kier molecular flexibility index (Phi) is 4.90. The van der Waals surface area contributed by atoms with Crippen molar-refractivity contribution >= 4 is 34.6 Å². The minimum atomic E-state index is -0.517. The van der Waals surface area contributed by atoms with Crippen molar-refractivity contribution in [3.8, 4) is 0 Å². The molecule has 0 fully saturated rings. The molecule has 1 aromatic heterocycles. The summed E-state index contributed by atoms with van der Waals surface area (Å²) in [6.07, 6.45) is 1.45. The number of nitrogens with zero attached hydrogens (tertiary/aromatic N) is 1. The lowest BCUT2D eigenvalue weighted by atomic mass is 10.2. The summed E-state index contributed by atoms with van der Waals surface area (Å²) in [4.78, 5) is 16.2. The summed E-state index contributed by atoms with van der Waals surface area (Å²) in [6.45, 7) is 0. The minimum absolute atomic E-state index is 0.0110. The van der Waals surface area contributed by atoms with Crippen molar-refractivity contribution in [1.29, 1.82) is 0 Å². The maximum atomic E-state index is 13.2. The molecule has 1 heterocycles. The summed E-state index contributed by atoms with van der Waals surface area (Å²) < 4.78 is 26.4. The van der Waals surface area contributed by atoms with E-state index in [4.69, 9.17) is 11.6 Å². The zero-order valence-corrected chi connectivity index (χ0v) is 13.5. The summed E-state index contributed by atoms with van der Waals surface area (Å²) in [5.74, 6) is -1.45. The van der Waals surface area contributed by atoms with Gasteiger partial charge in [0.2, 0.25) is 0 Å². The summed E-state index contributed by atoms with van der Waals surface area (Å²) in [5, 5.41) is 5.56. The molecule has 0 aliphatic rings. The molecule has 0 saturated carbocycles. The van der Waals surface area contributed by atoms with Crippen LogP contribution >= 0.6 is 11.6 Å². The van der Waals surface area contributed by atoms with E-state index in [9.17, 15) is 13.6 Å². The average Bonchev–Trinajstić information content (AvgIpc) is 2.58. The molecule has 4 nitrogen and oxygen atoms in total. The van der Waals surface area contributed by atoms with E-state index in [1.165, 1.54) is 48.7 Å². The van der Waals surface area contributed by atoms with E-state index in [0.717, 1.165) is 0 Å². The van der Waals surface area contributed by atoms with Gasteiger partial charge in [-0.3, -0.25) is 9.78 Å². The first-order valence-electron chi connectivity index (χ1n) is 7.26. The zero-order chi connectivity index (χ0) is 17.8. The number of amides is 1. The molecule has 0 atom stereocenters. The summed E-state index contributed by atoms with van der Waals surface area (Å²) in [5.41, 5.74) is 1.61. The smallest absolute Gasteiger partial charge is 0.274 e. The third-order valence-corrected chi connectivity index (χ3v) is 3.57. The summed E-state index contributed by atoms with van der Waals surface area (Å²) in [6, 6.07) is 12.9. The van der Waals surface area contributed by atoms with Crippen LogP contribution in [0.1, 0.15) is 10.5 Å². The number of halogens is 3. The van der Waals surface area contributed by atoms with E-state index < -0.39 is 17.5 Å². The van der Waals surface area contributed by atoms with E-state index in [-0.39, 0.29) is 10.7 Å². The van der Waals surface area contributed by atoms with Gasteiger partial charge in [0.05, 0.1) is 5.02 Å². The average molecular weight is 360 g/mol. The number of rotatable bonds is 4. The van der Waals surface area contributed by atoms with Crippen LogP contribution in [0.15, 0.2) is 60.8 Å². The van der Waals surface area contributed by atoms with E-state index >= 15 is 0 Å². The first-order valence-corrected chi connectivity index (χ1v) is 7.64. The lowest BCUT2D eigenvalue weighted by Crippen LogP contribution is -2.13. The molecule has 0 radical (unpaired) electrons. The third kappa shape index (κ3) is 4.30. The second-order valence-electron chi connectivity index (χ2n) is 5.15. The minimum Gasteiger partial charge on any atom is -0.355 e. The van der Waals surface area contributed by atoms with Crippen molar-refractivity contribution in [3.63, 3.8) is 0 Å². The third-order valence-electron chi connectivity index (χ3n) is 3.28. The van der Waals surface area contributed by atoms with Gasteiger partial charge in [-0.05, 0) is 48.5 Å². The van der Waals surface area contributed by atoms with Crippen LogP contribution in [0.2, 0.25) is 5.02 Å². The maximum absolute atomic E-state index is 13.2. The van der Waals surface area contributed by atoms with Gasteiger partial charge < -0.3 is 10.6 Å². The molecule has 2 N–H and O–H groups in total. The normalized spacial score (nSPS) is 10.4. The number of hydrogen-bond donors (Lipinski definition) is 2. The van der Waals surface area contributed by atoms with Crippen molar-refractivity contribution < 1.29 is 13.6 Å². The van der Waals surface area contributed by atoms with Gasteiger partial charge in [-0.2, -0.15) is 0 Å². The van der Waals surface area contributed by atoms with Crippen molar-refractivity contribution in [2.24, 2.45) is 0 Å². The molecule has 1 amide bonds. The number of anilines is 3. The van der Waals surface area contributed by atoms with Gasteiger partial charge in [0.1, 0.15) is 17.3 Å². The fourth-order valence-electron chi connectivity index (χ4n) is 2.13. The van der Waals surface area contributed by atoms with Crippen LogP contribution in [0, 0.1) is 11.6 Å². The topological polar surface area (TPSA) is 54.0 Å². The number of carbonyl (C=O) groups excluding carboxylic acids is 1. The van der Waals surface area contributed by atoms with Crippen LogP contribution in [0.3, 0.4) is 0 Å². The second kappa shape index (κ2) is 7.27. The Balaban J connectivity index is 1.76. The predicted octanol–water partition coefficient (Wildman–Crippen LogP) is 5.01. The molecule has 0 aliphatic carbocycles. The number of benzene rings is 2. The second-order valence-corrected chi connectivity index (χ2v) is 5.56. The first-order chi connectivity index (χ1) is 12.0. The SMILES string of the molecule is O=C(Nc1cccc(F)c1)c1cc(Nc2ccc(F)c(Cl)c2)ccn1. The van der Waals surface area contributed by atoms with Crippen LogP contribution in [-0.2, 0) is 0 Å². The highest BCUT2D eigenvalue weighted by Crippen LogP contribution is 2.23.